The van der Waals surface area contributed by atoms with Gasteiger partial charge < -0.3 is 15.1 Å². The summed E-state index contributed by atoms with van der Waals surface area (Å²) in [6.07, 6.45) is 2.75. The molecule has 1 aromatic carbocycles. The number of amides is 1. The second kappa shape index (κ2) is 6.78. The lowest BCUT2D eigenvalue weighted by Crippen LogP contribution is -2.12. The topological polar surface area (TPSA) is 102 Å². The predicted octanol–water partition coefficient (Wildman–Crippen LogP) is 3.18. The molecule has 0 fully saturated rings. The maximum absolute atomic E-state index is 12.0. The second-order valence-electron chi connectivity index (χ2n) is 4.34. The van der Waals surface area contributed by atoms with Crippen LogP contribution >= 0.6 is 0 Å². The molecule has 22 heavy (non-hydrogen) atoms. The molecule has 0 aliphatic rings. The van der Waals surface area contributed by atoms with Gasteiger partial charge in [-0.2, -0.15) is 10.5 Å². The first-order valence-corrected chi connectivity index (χ1v) is 6.37. The van der Waals surface area contributed by atoms with Crippen molar-refractivity contribution in [2.24, 2.45) is 0 Å². The number of nitrogens with one attached hydrogen (secondary N) is 2. The first-order chi connectivity index (χ1) is 10.7. The zero-order chi connectivity index (χ0) is 15.9. The first-order valence-electron chi connectivity index (χ1n) is 6.37. The molecule has 6 heteroatoms. The molecular formula is C16H12N4O2. The van der Waals surface area contributed by atoms with Gasteiger partial charge in [0.2, 0.25) is 0 Å². The molecule has 108 valence electrons. The summed E-state index contributed by atoms with van der Waals surface area (Å²) in [5.74, 6) is -0.135. The van der Waals surface area contributed by atoms with Crippen LogP contribution in [-0.4, -0.2) is 5.91 Å². The molecule has 2 aromatic rings. The van der Waals surface area contributed by atoms with Gasteiger partial charge in [0.05, 0.1) is 6.26 Å². The highest BCUT2D eigenvalue weighted by Crippen LogP contribution is 2.24. The fraction of sp³-hybridized carbons (Fsp3) is 0.0625. The Kier molecular flexibility index (Phi) is 4.59. The summed E-state index contributed by atoms with van der Waals surface area (Å²) >= 11 is 0. The van der Waals surface area contributed by atoms with Crippen molar-refractivity contribution in [1.29, 1.82) is 10.5 Å². The number of hydrogen-bond donors (Lipinski definition) is 2. The summed E-state index contributed by atoms with van der Waals surface area (Å²) in [6, 6.07) is 12.0. The maximum Gasteiger partial charge on any atom is 0.291 e. The third kappa shape index (κ3) is 3.33. The van der Waals surface area contributed by atoms with Crippen LogP contribution in [0.15, 0.2) is 52.8 Å². The van der Waals surface area contributed by atoms with E-state index in [-0.39, 0.29) is 17.2 Å². The van der Waals surface area contributed by atoms with E-state index < -0.39 is 0 Å². The van der Waals surface area contributed by atoms with E-state index in [1.807, 2.05) is 6.92 Å². The monoisotopic (exact) mass is 292 g/mol. The van der Waals surface area contributed by atoms with Crippen LogP contribution in [0.3, 0.4) is 0 Å². The van der Waals surface area contributed by atoms with Crippen LogP contribution in [0.4, 0.5) is 11.4 Å². The number of hydrogen-bond acceptors (Lipinski definition) is 5. The number of carbonyl (C=O) groups is 1. The molecule has 0 spiro atoms. The van der Waals surface area contributed by atoms with Crippen molar-refractivity contribution in [3.8, 4) is 12.1 Å². The van der Waals surface area contributed by atoms with Gasteiger partial charge in [-0.15, -0.1) is 0 Å². The molecule has 1 amide bonds. The number of rotatable bonds is 4. The Bertz CT molecular complexity index is 777. The van der Waals surface area contributed by atoms with E-state index in [2.05, 4.69) is 10.6 Å². The number of anilines is 2. The smallest absolute Gasteiger partial charge is 0.291 e. The molecule has 0 atom stereocenters. The standard InChI is InChI=1S/C16H12N4O2/c1-11-13(19-10-12(8-17)9-18)4-2-5-14(11)20-16(21)15-6-3-7-22-15/h2-7,10,19H,1H3,(H,20,21). The molecule has 1 heterocycles. The molecule has 2 rings (SSSR count). The van der Waals surface area contributed by atoms with Crippen molar-refractivity contribution >= 4 is 17.3 Å². The van der Waals surface area contributed by atoms with Crippen LogP contribution in [-0.2, 0) is 0 Å². The number of nitriles is 2. The molecule has 0 radical (unpaired) electrons. The van der Waals surface area contributed by atoms with Gasteiger partial charge in [0.25, 0.3) is 5.91 Å². The second-order valence-corrected chi connectivity index (χ2v) is 4.34. The number of furan rings is 1. The van der Waals surface area contributed by atoms with E-state index in [0.717, 1.165) is 5.56 Å². The first kappa shape index (κ1) is 14.9. The van der Waals surface area contributed by atoms with Gasteiger partial charge in [-0.05, 0) is 36.8 Å². The minimum atomic E-state index is -0.351. The quantitative estimate of drug-likeness (QED) is 0.842. The third-order valence-electron chi connectivity index (χ3n) is 2.94. The molecule has 6 nitrogen and oxygen atoms in total. The molecule has 0 aliphatic heterocycles. The van der Waals surface area contributed by atoms with Gasteiger partial charge in [0.1, 0.15) is 17.7 Å². The number of benzene rings is 1. The van der Waals surface area contributed by atoms with Crippen LogP contribution in [0, 0.1) is 29.6 Å². The van der Waals surface area contributed by atoms with E-state index in [0.29, 0.717) is 11.4 Å². The number of carbonyl (C=O) groups excluding carboxylic acids is 1. The lowest BCUT2D eigenvalue weighted by Gasteiger charge is -2.11. The Labute approximate surface area is 127 Å². The molecule has 0 aliphatic carbocycles. The van der Waals surface area contributed by atoms with E-state index >= 15 is 0 Å². The van der Waals surface area contributed by atoms with Gasteiger partial charge in [0, 0.05) is 17.6 Å². The summed E-state index contributed by atoms with van der Waals surface area (Å²) < 4.78 is 5.04. The average Bonchev–Trinajstić information content (AvgIpc) is 3.06. The van der Waals surface area contributed by atoms with Crippen molar-refractivity contribution < 1.29 is 9.21 Å². The summed E-state index contributed by atoms with van der Waals surface area (Å²) in [7, 11) is 0. The lowest BCUT2D eigenvalue weighted by atomic mass is 10.1. The Morgan fingerprint density at radius 2 is 1.91 bits per heavy atom. The van der Waals surface area contributed by atoms with Crippen molar-refractivity contribution in [2.45, 2.75) is 6.92 Å². The summed E-state index contributed by atoms with van der Waals surface area (Å²) in [5.41, 5.74) is 2.02. The SMILES string of the molecule is Cc1c(NC=C(C#N)C#N)cccc1NC(=O)c1ccco1. The minimum Gasteiger partial charge on any atom is -0.459 e. The van der Waals surface area contributed by atoms with E-state index in [1.165, 1.54) is 12.5 Å². The summed E-state index contributed by atoms with van der Waals surface area (Å²) in [6.45, 7) is 1.81. The average molecular weight is 292 g/mol. The highest BCUT2D eigenvalue weighted by atomic mass is 16.3. The fourth-order valence-electron chi connectivity index (χ4n) is 1.76. The van der Waals surface area contributed by atoms with Crippen molar-refractivity contribution in [3.63, 3.8) is 0 Å². The van der Waals surface area contributed by atoms with Crippen LogP contribution in [0.5, 0.6) is 0 Å². The largest absolute Gasteiger partial charge is 0.459 e. The van der Waals surface area contributed by atoms with Gasteiger partial charge in [-0.25, -0.2) is 0 Å². The zero-order valence-electron chi connectivity index (χ0n) is 11.8. The third-order valence-corrected chi connectivity index (χ3v) is 2.94. The normalized spacial score (nSPS) is 9.23. The number of nitrogens with zero attached hydrogens (tertiary/aromatic N) is 2. The highest BCUT2D eigenvalue weighted by Gasteiger charge is 2.11. The zero-order valence-corrected chi connectivity index (χ0v) is 11.8. The van der Waals surface area contributed by atoms with Gasteiger partial charge in [-0.1, -0.05) is 6.07 Å². The molecule has 0 saturated heterocycles. The Morgan fingerprint density at radius 1 is 1.18 bits per heavy atom. The van der Waals surface area contributed by atoms with E-state index in [1.54, 1.807) is 42.5 Å². The van der Waals surface area contributed by atoms with Gasteiger partial charge in [-0.3, -0.25) is 4.79 Å². The van der Waals surface area contributed by atoms with Crippen molar-refractivity contribution in [2.75, 3.05) is 10.6 Å². The maximum atomic E-state index is 12.0. The predicted molar refractivity (Wildman–Crippen MR) is 80.8 cm³/mol. The Balaban J connectivity index is 2.20. The van der Waals surface area contributed by atoms with Gasteiger partial charge in [0.15, 0.2) is 5.76 Å². The van der Waals surface area contributed by atoms with E-state index in [4.69, 9.17) is 14.9 Å². The van der Waals surface area contributed by atoms with Crippen LogP contribution in [0.1, 0.15) is 16.1 Å². The fourth-order valence-corrected chi connectivity index (χ4v) is 1.76. The molecule has 0 bridgehead atoms. The number of allylic oxidation sites excluding steroid dienone is 1. The van der Waals surface area contributed by atoms with Gasteiger partial charge >= 0.3 is 0 Å². The van der Waals surface area contributed by atoms with Crippen LogP contribution in [0.2, 0.25) is 0 Å². The lowest BCUT2D eigenvalue weighted by molar-refractivity contribution is 0.0996. The van der Waals surface area contributed by atoms with E-state index in [9.17, 15) is 4.79 Å². The summed E-state index contributed by atoms with van der Waals surface area (Å²) in [4.78, 5) is 12.0. The molecule has 0 unspecified atom stereocenters. The summed E-state index contributed by atoms with van der Waals surface area (Å²) in [5, 5.41) is 23.0. The minimum absolute atomic E-state index is 0.0376. The molecule has 2 N–H and O–H groups in total. The molecular weight excluding hydrogens is 280 g/mol. The van der Waals surface area contributed by atoms with Crippen LogP contribution in [0.25, 0.3) is 0 Å². The van der Waals surface area contributed by atoms with Crippen molar-refractivity contribution in [3.05, 3.63) is 59.7 Å². The Hall–Kier alpha value is -3.51. The van der Waals surface area contributed by atoms with Crippen molar-refractivity contribution in [1.82, 2.24) is 0 Å². The van der Waals surface area contributed by atoms with Crippen LogP contribution < -0.4 is 10.6 Å². The highest BCUT2D eigenvalue weighted by molar-refractivity contribution is 6.03. The molecule has 0 saturated carbocycles. The Morgan fingerprint density at radius 3 is 2.55 bits per heavy atom. The molecule has 1 aromatic heterocycles.